The van der Waals surface area contributed by atoms with Crippen LogP contribution in [0, 0.1) is 5.82 Å². The Bertz CT molecular complexity index is 2460. The van der Waals surface area contributed by atoms with Crippen LogP contribution in [0.5, 0.6) is 11.5 Å². The van der Waals surface area contributed by atoms with Gasteiger partial charge in [-0.15, -0.1) is 15.7 Å². The molecule has 3 aliphatic heterocycles. The molecule has 0 saturated heterocycles. The van der Waals surface area contributed by atoms with E-state index < -0.39 is 45.5 Å². The van der Waals surface area contributed by atoms with E-state index in [2.05, 4.69) is 9.71 Å². The molecule has 260 valence electrons. The van der Waals surface area contributed by atoms with Crippen LogP contribution in [-0.2, 0) is 54.3 Å². The van der Waals surface area contributed by atoms with E-state index in [9.17, 15) is 27.2 Å². The van der Waals surface area contributed by atoms with Gasteiger partial charge in [-0.3, -0.25) is 9.59 Å². The first kappa shape index (κ1) is 32.6. The molecule has 0 radical (unpaired) electrons. The van der Waals surface area contributed by atoms with Gasteiger partial charge in [-0.2, -0.15) is 8.42 Å². The number of fused-ring (bicyclic) bond motifs is 6. The zero-order valence-corrected chi connectivity index (χ0v) is 28.4. The lowest BCUT2D eigenvalue weighted by Gasteiger charge is -2.35. The third kappa shape index (κ3) is 5.69. The van der Waals surface area contributed by atoms with Crippen molar-refractivity contribution in [3.63, 3.8) is 0 Å². The minimum Gasteiger partial charge on any atom is -0.457 e. The molecule has 0 saturated carbocycles. The third-order valence-corrected chi connectivity index (χ3v) is 11.6. The molecule has 16 heteroatoms. The molecule has 0 bridgehead atoms. The van der Waals surface area contributed by atoms with Crippen LogP contribution >= 0.6 is 11.3 Å². The van der Waals surface area contributed by atoms with E-state index >= 15 is 0 Å². The Hall–Kier alpha value is -5.61. The molecule has 51 heavy (non-hydrogen) atoms. The number of benzene rings is 2. The molecular weight excluding hydrogens is 704 g/mol. The Morgan fingerprint density at radius 1 is 1.10 bits per heavy atom. The molecule has 3 aromatic heterocycles. The summed E-state index contributed by atoms with van der Waals surface area (Å²) in [6, 6.07) is 15.5. The number of rotatable bonds is 8. The fourth-order valence-electron chi connectivity index (χ4n) is 6.46. The van der Waals surface area contributed by atoms with Crippen molar-refractivity contribution in [2.24, 2.45) is 4.40 Å². The maximum Gasteiger partial charge on any atom is 0.355 e. The summed E-state index contributed by atoms with van der Waals surface area (Å²) in [5.74, 6) is -1.23. The fraction of sp³-hybridized carbons (Fsp3) is 0.229. The molecule has 0 fully saturated rings. The molecule has 2 aromatic carbocycles. The maximum atomic E-state index is 13.9. The number of nitrogens with one attached hydrogen (secondary N) is 1. The number of sulfonamides is 1. The van der Waals surface area contributed by atoms with Crippen molar-refractivity contribution in [3.8, 4) is 22.9 Å². The van der Waals surface area contributed by atoms with Gasteiger partial charge in [0.1, 0.15) is 29.0 Å². The highest BCUT2D eigenvalue weighted by atomic mass is 32.2. The standard InChI is InChI=1S/C35H27FN4O9S2/c1-2-35(49-30(41)15-37-29(10-19-5-7-22(36)8-6-19)39-51(44,45)31-4-3-9-50-31)24-13-26-32-21(16-40(26)33(42)23(24)17-46-34(35)43)11-20-12-27-28(48-18-47-27)14-25(20)38-32/h3-9,11-14H,2,10,15-18H2,1H3,(H,37,39)/t35-/m0/s1. The number of halogens is 1. The number of pyridine rings is 2. The number of aromatic nitrogens is 2. The minimum absolute atomic E-state index is 0.0101. The van der Waals surface area contributed by atoms with E-state index in [0.717, 1.165) is 22.3 Å². The second kappa shape index (κ2) is 12.3. The molecule has 5 aromatic rings. The number of hydrogen-bond acceptors (Lipinski definition) is 11. The van der Waals surface area contributed by atoms with Gasteiger partial charge in [0, 0.05) is 29.0 Å². The van der Waals surface area contributed by atoms with Gasteiger partial charge in [-0.05, 0) is 53.8 Å². The molecular formula is C35H27FN4O9S2. The molecule has 0 amide bonds. The number of thiophene rings is 1. The van der Waals surface area contributed by atoms with Crippen molar-refractivity contribution in [3.05, 3.63) is 104 Å². The fourth-order valence-corrected chi connectivity index (χ4v) is 8.43. The van der Waals surface area contributed by atoms with Crippen molar-refractivity contribution < 1.29 is 41.3 Å². The highest BCUT2D eigenvalue weighted by molar-refractivity contribution is 7.92. The average molecular weight is 731 g/mol. The predicted octanol–water partition coefficient (Wildman–Crippen LogP) is 4.18. The topological polar surface area (TPSA) is 164 Å². The summed E-state index contributed by atoms with van der Waals surface area (Å²) < 4.78 is 67.4. The Morgan fingerprint density at radius 3 is 2.63 bits per heavy atom. The summed E-state index contributed by atoms with van der Waals surface area (Å²) in [6.45, 7) is 1.05. The summed E-state index contributed by atoms with van der Waals surface area (Å²) in [5, 5.41) is 5.12. The molecule has 1 atom stereocenters. The number of hydrogen-bond donors (Lipinski definition) is 1. The van der Waals surface area contributed by atoms with Crippen molar-refractivity contribution in [2.45, 2.75) is 42.7 Å². The largest absolute Gasteiger partial charge is 0.457 e. The predicted molar refractivity (Wildman–Crippen MR) is 182 cm³/mol. The lowest BCUT2D eigenvalue weighted by Crippen LogP contribution is -2.48. The Labute approximate surface area is 293 Å². The van der Waals surface area contributed by atoms with E-state index in [0.29, 0.717) is 34.0 Å². The summed E-state index contributed by atoms with van der Waals surface area (Å²) in [5.41, 5.74) is 0.862. The van der Waals surface area contributed by atoms with E-state index in [4.69, 9.17) is 23.9 Å². The summed E-state index contributed by atoms with van der Waals surface area (Å²) in [6.07, 6.45) is -0.161. The quantitative estimate of drug-likeness (QED) is 0.136. The van der Waals surface area contributed by atoms with Crippen LogP contribution in [0.25, 0.3) is 22.3 Å². The van der Waals surface area contributed by atoms with Crippen molar-refractivity contribution in [2.75, 3.05) is 13.3 Å². The van der Waals surface area contributed by atoms with Gasteiger partial charge >= 0.3 is 11.9 Å². The van der Waals surface area contributed by atoms with E-state index in [1.165, 1.54) is 30.3 Å². The summed E-state index contributed by atoms with van der Waals surface area (Å²) in [4.78, 5) is 45.8. The third-order valence-electron chi connectivity index (χ3n) is 8.96. The van der Waals surface area contributed by atoms with E-state index in [1.54, 1.807) is 35.1 Å². The van der Waals surface area contributed by atoms with Crippen LogP contribution in [-0.4, -0.2) is 49.1 Å². The van der Waals surface area contributed by atoms with Crippen LogP contribution in [0.4, 0.5) is 4.39 Å². The average Bonchev–Trinajstić information content (AvgIpc) is 3.89. The van der Waals surface area contributed by atoms with Crippen LogP contribution in [0.3, 0.4) is 0 Å². The number of ether oxygens (including phenoxy) is 4. The van der Waals surface area contributed by atoms with Gasteiger partial charge in [0.15, 0.2) is 11.5 Å². The van der Waals surface area contributed by atoms with Gasteiger partial charge in [0.2, 0.25) is 12.4 Å². The second-order valence-electron chi connectivity index (χ2n) is 12.0. The SMILES string of the molecule is CC[C@@]1(OC(=O)CN/C(Cc2ccc(F)cc2)=N/S(=O)(=O)c2cccs2)C(=O)OCc2c1cc1n(c2=O)Cc2cc3cc4c(cc3nc2-1)OCO4. The van der Waals surface area contributed by atoms with Crippen molar-refractivity contribution in [1.29, 1.82) is 0 Å². The number of carbonyl (C=O) groups excluding carboxylic acids is 2. The number of esters is 2. The number of carbonyl (C=O) groups is 2. The molecule has 13 nitrogen and oxygen atoms in total. The van der Waals surface area contributed by atoms with Gasteiger partial charge in [0.05, 0.1) is 29.0 Å². The summed E-state index contributed by atoms with van der Waals surface area (Å²) >= 11 is 0.976. The highest BCUT2D eigenvalue weighted by Gasteiger charge is 2.50. The first-order chi connectivity index (χ1) is 24.5. The van der Waals surface area contributed by atoms with E-state index in [-0.39, 0.29) is 54.0 Å². The van der Waals surface area contributed by atoms with Crippen molar-refractivity contribution in [1.82, 2.24) is 14.9 Å². The van der Waals surface area contributed by atoms with Gasteiger partial charge in [0.25, 0.3) is 15.6 Å². The molecule has 8 rings (SSSR count). The monoisotopic (exact) mass is 730 g/mol. The maximum absolute atomic E-state index is 13.9. The lowest BCUT2D eigenvalue weighted by atomic mass is 9.85. The molecule has 0 aliphatic carbocycles. The first-order valence-electron chi connectivity index (χ1n) is 15.8. The van der Waals surface area contributed by atoms with Gasteiger partial charge < -0.3 is 28.8 Å². The van der Waals surface area contributed by atoms with Crippen LogP contribution in [0.15, 0.2) is 79.4 Å². The molecule has 0 spiro atoms. The first-order valence-corrected chi connectivity index (χ1v) is 18.1. The zero-order valence-electron chi connectivity index (χ0n) is 26.8. The number of nitrogens with zero attached hydrogens (tertiary/aromatic N) is 3. The Morgan fingerprint density at radius 2 is 1.88 bits per heavy atom. The minimum atomic E-state index is -4.15. The molecule has 6 heterocycles. The van der Waals surface area contributed by atoms with E-state index in [1.807, 2.05) is 12.1 Å². The molecule has 1 N–H and O–H groups in total. The molecule has 3 aliphatic rings. The van der Waals surface area contributed by atoms with Crippen LogP contribution in [0.2, 0.25) is 0 Å². The number of amidine groups is 1. The van der Waals surface area contributed by atoms with Crippen molar-refractivity contribution >= 4 is 50.0 Å². The Kier molecular flexibility index (Phi) is 7.87. The summed E-state index contributed by atoms with van der Waals surface area (Å²) in [7, 11) is -4.15. The van der Waals surface area contributed by atoms with Crippen LogP contribution < -0.4 is 20.3 Å². The normalized spacial score (nSPS) is 17.5. The second-order valence-corrected chi connectivity index (χ2v) is 14.8. The zero-order chi connectivity index (χ0) is 35.5. The lowest BCUT2D eigenvalue weighted by molar-refractivity contribution is -0.188. The van der Waals surface area contributed by atoms with Crippen LogP contribution in [0.1, 0.15) is 35.6 Å². The Balaban J connectivity index is 1.11. The molecule has 0 unspecified atom stereocenters. The van der Waals surface area contributed by atoms with Gasteiger partial charge in [-0.1, -0.05) is 25.1 Å². The number of cyclic esters (lactones) is 1. The smallest absolute Gasteiger partial charge is 0.355 e. The highest BCUT2D eigenvalue weighted by Crippen LogP contribution is 2.42. The van der Waals surface area contributed by atoms with Gasteiger partial charge in [-0.25, -0.2) is 14.2 Å².